The number of hydrogen-bond acceptors (Lipinski definition) is 3. The summed E-state index contributed by atoms with van der Waals surface area (Å²) in [6.45, 7) is 0. The zero-order chi connectivity index (χ0) is 14.8. The molecule has 0 spiro atoms. The SMILES string of the molecule is NC(=O)CCc1[nH][nH]c(=O)c1-c1ccc2ccccc2n1. The van der Waals surface area contributed by atoms with Crippen LogP contribution in [0.4, 0.5) is 0 Å². The fourth-order valence-electron chi connectivity index (χ4n) is 2.31. The minimum Gasteiger partial charge on any atom is -0.370 e. The normalized spacial score (nSPS) is 10.9. The molecule has 2 heterocycles. The Labute approximate surface area is 120 Å². The summed E-state index contributed by atoms with van der Waals surface area (Å²) < 4.78 is 0. The second-order valence-corrected chi connectivity index (χ2v) is 4.79. The lowest BCUT2D eigenvalue weighted by Crippen LogP contribution is -2.12. The first kappa shape index (κ1) is 13.1. The molecule has 0 aliphatic rings. The van der Waals surface area contributed by atoms with E-state index in [1.807, 2.05) is 30.3 Å². The first-order chi connectivity index (χ1) is 10.1. The number of amides is 1. The molecule has 6 heteroatoms. The number of aryl methyl sites for hydroxylation is 1. The van der Waals surface area contributed by atoms with E-state index in [1.165, 1.54) is 0 Å². The van der Waals surface area contributed by atoms with Crippen molar-refractivity contribution in [3.05, 3.63) is 52.4 Å². The molecule has 21 heavy (non-hydrogen) atoms. The van der Waals surface area contributed by atoms with Crippen LogP contribution in [0.2, 0.25) is 0 Å². The Morgan fingerprint density at radius 2 is 1.95 bits per heavy atom. The van der Waals surface area contributed by atoms with Crippen molar-refractivity contribution in [3.63, 3.8) is 0 Å². The van der Waals surface area contributed by atoms with Crippen molar-refractivity contribution in [2.45, 2.75) is 12.8 Å². The maximum Gasteiger partial charge on any atom is 0.273 e. The monoisotopic (exact) mass is 282 g/mol. The Morgan fingerprint density at radius 3 is 2.76 bits per heavy atom. The van der Waals surface area contributed by atoms with Crippen LogP contribution in [0.25, 0.3) is 22.2 Å². The van der Waals surface area contributed by atoms with Crippen LogP contribution in [0.15, 0.2) is 41.2 Å². The second-order valence-electron chi connectivity index (χ2n) is 4.79. The number of nitrogens with two attached hydrogens (primary N) is 1. The molecule has 6 nitrogen and oxygen atoms in total. The standard InChI is InChI=1S/C15H14N4O2/c16-13(20)8-7-12-14(15(21)19-18-12)11-6-5-9-3-1-2-4-10(9)17-11/h1-6H,7-8H2,(H2,16,20)(H2,18,19,21). The summed E-state index contributed by atoms with van der Waals surface area (Å²) in [5, 5.41) is 6.33. The number of benzene rings is 1. The van der Waals surface area contributed by atoms with Crippen molar-refractivity contribution in [1.29, 1.82) is 0 Å². The minimum atomic E-state index is -0.408. The van der Waals surface area contributed by atoms with Crippen LogP contribution >= 0.6 is 0 Å². The number of hydrogen-bond donors (Lipinski definition) is 3. The number of aromatic nitrogens is 3. The number of nitrogens with one attached hydrogen (secondary N) is 2. The highest BCUT2D eigenvalue weighted by Crippen LogP contribution is 2.21. The molecule has 0 saturated heterocycles. The summed E-state index contributed by atoms with van der Waals surface area (Å²) in [5.74, 6) is -0.408. The van der Waals surface area contributed by atoms with Gasteiger partial charge in [0.2, 0.25) is 5.91 Å². The van der Waals surface area contributed by atoms with Crippen LogP contribution in [0.1, 0.15) is 12.1 Å². The van der Waals surface area contributed by atoms with Crippen LogP contribution in [-0.2, 0) is 11.2 Å². The first-order valence-electron chi connectivity index (χ1n) is 6.59. The minimum absolute atomic E-state index is 0.175. The predicted octanol–water partition coefficient (Wildman–Crippen LogP) is 1.34. The van der Waals surface area contributed by atoms with Crippen molar-refractivity contribution < 1.29 is 4.79 Å². The molecule has 3 aromatic rings. The van der Waals surface area contributed by atoms with Gasteiger partial charge in [-0.05, 0) is 18.6 Å². The summed E-state index contributed by atoms with van der Waals surface area (Å²) >= 11 is 0. The lowest BCUT2D eigenvalue weighted by molar-refractivity contribution is -0.118. The summed E-state index contributed by atoms with van der Waals surface area (Å²) in [6, 6.07) is 11.4. The third kappa shape index (κ3) is 2.55. The average Bonchev–Trinajstić information content (AvgIpc) is 2.85. The van der Waals surface area contributed by atoms with Gasteiger partial charge in [0, 0.05) is 17.5 Å². The van der Waals surface area contributed by atoms with Crippen molar-refractivity contribution in [2.75, 3.05) is 0 Å². The Balaban J connectivity index is 2.07. The third-order valence-electron chi connectivity index (χ3n) is 3.33. The Hall–Kier alpha value is -2.89. The molecule has 0 aliphatic heterocycles. The van der Waals surface area contributed by atoms with E-state index >= 15 is 0 Å². The van der Waals surface area contributed by atoms with E-state index < -0.39 is 5.91 Å². The number of nitrogens with zero attached hydrogens (tertiary/aromatic N) is 1. The number of fused-ring (bicyclic) bond motifs is 1. The molecular weight excluding hydrogens is 268 g/mol. The number of primary amides is 1. The summed E-state index contributed by atoms with van der Waals surface area (Å²) in [4.78, 5) is 27.4. The maximum absolute atomic E-state index is 12.0. The molecule has 0 aliphatic carbocycles. The molecule has 0 saturated carbocycles. The van der Waals surface area contributed by atoms with E-state index in [2.05, 4.69) is 15.2 Å². The van der Waals surface area contributed by atoms with Gasteiger partial charge < -0.3 is 10.8 Å². The third-order valence-corrected chi connectivity index (χ3v) is 3.33. The molecule has 3 rings (SSSR count). The van der Waals surface area contributed by atoms with E-state index in [4.69, 9.17) is 5.73 Å². The molecule has 2 aromatic heterocycles. The molecule has 0 radical (unpaired) electrons. The van der Waals surface area contributed by atoms with E-state index in [-0.39, 0.29) is 12.0 Å². The highest BCUT2D eigenvalue weighted by Gasteiger charge is 2.14. The maximum atomic E-state index is 12.0. The van der Waals surface area contributed by atoms with Crippen molar-refractivity contribution in [3.8, 4) is 11.3 Å². The molecule has 0 fully saturated rings. The fraction of sp³-hybridized carbons (Fsp3) is 0.133. The van der Waals surface area contributed by atoms with Crippen LogP contribution in [0.5, 0.6) is 0 Å². The van der Waals surface area contributed by atoms with E-state index in [9.17, 15) is 9.59 Å². The topological polar surface area (TPSA) is 105 Å². The highest BCUT2D eigenvalue weighted by atomic mass is 16.1. The van der Waals surface area contributed by atoms with Gasteiger partial charge in [-0.2, -0.15) is 0 Å². The smallest absolute Gasteiger partial charge is 0.273 e. The highest BCUT2D eigenvalue weighted by molar-refractivity contribution is 5.81. The van der Waals surface area contributed by atoms with Gasteiger partial charge in [-0.25, -0.2) is 4.98 Å². The number of para-hydroxylation sites is 1. The van der Waals surface area contributed by atoms with Gasteiger partial charge in [0.05, 0.1) is 16.8 Å². The van der Waals surface area contributed by atoms with E-state index in [0.717, 1.165) is 10.9 Å². The summed E-state index contributed by atoms with van der Waals surface area (Å²) in [5.41, 5.74) is 7.40. The molecule has 106 valence electrons. The van der Waals surface area contributed by atoms with Crippen LogP contribution in [-0.4, -0.2) is 21.1 Å². The molecule has 0 unspecified atom stereocenters. The van der Waals surface area contributed by atoms with Gasteiger partial charge >= 0.3 is 0 Å². The van der Waals surface area contributed by atoms with E-state index in [1.54, 1.807) is 6.07 Å². The number of carbonyl (C=O) groups excluding carboxylic acids is 1. The van der Waals surface area contributed by atoms with E-state index in [0.29, 0.717) is 23.4 Å². The molecule has 1 aromatic carbocycles. The Morgan fingerprint density at radius 1 is 1.14 bits per heavy atom. The quantitative estimate of drug-likeness (QED) is 0.672. The summed E-state index contributed by atoms with van der Waals surface area (Å²) in [7, 11) is 0. The summed E-state index contributed by atoms with van der Waals surface area (Å²) in [6.07, 6.45) is 0.548. The Bertz CT molecular complexity index is 863. The molecule has 1 amide bonds. The number of carbonyl (C=O) groups is 1. The number of H-pyrrole nitrogens is 2. The number of rotatable bonds is 4. The second kappa shape index (κ2) is 5.24. The van der Waals surface area contributed by atoms with Gasteiger partial charge in [0.15, 0.2) is 0 Å². The lowest BCUT2D eigenvalue weighted by atomic mass is 10.1. The Kier molecular flexibility index (Phi) is 3.27. The van der Waals surface area contributed by atoms with Crippen LogP contribution in [0, 0.1) is 0 Å². The molecule has 4 N–H and O–H groups in total. The lowest BCUT2D eigenvalue weighted by Gasteiger charge is -2.03. The molecular formula is C15H14N4O2. The van der Waals surface area contributed by atoms with Crippen LogP contribution in [0.3, 0.4) is 0 Å². The first-order valence-corrected chi connectivity index (χ1v) is 6.59. The predicted molar refractivity (Wildman–Crippen MR) is 79.7 cm³/mol. The number of pyridine rings is 1. The largest absolute Gasteiger partial charge is 0.370 e. The van der Waals surface area contributed by atoms with Gasteiger partial charge in [0.25, 0.3) is 5.56 Å². The zero-order valence-electron chi connectivity index (χ0n) is 11.2. The molecule has 0 bridgehead atoms. The fourth-order valence-corrected chi connectivity index (χ4v) is 2.31. The van der Waals surface area contributed by atoms with Gasteiger partial charge in [-0.3, -0.25) is 14.7 Å². The zero-order valence-corrected chi connectivity index (χ0v) is 11.2. The van der Waals surface area contributed by atoms with Gasteiger partial charge in [0.1, 0.15) is 0 Å². The molecule has 0 atom stereocenters. The van der Waals surface area contributed by atoms with Crippen molar-refractivity contribution >= 4 is 16.8 Å². The van der Waals surface area contributed by atoms with Gasteiger partial charge in [-0.1, -0.05) is 24.3 Å². The van der Waals surface area contributed by atoms with Gasteiger partial charge in [-0.15, -0.1) is 0 Å². The van der Waals surface area contributed by atoms with Crippen molar-refractivity contribution in [2.24, 2.45) is 5.73 Å². The van der Waals surface area contributed by atoms with Crippen molar-refractivity contribution in [1.82, 2.24) is 15.2 Å². The number of aromatic amines is 2. The van der Waals surface area contributed by atoms with Crippen LogP contribution < -0.4 is 11.3 Å². The average molecular weight is 282 g/mol.